The van der Waals surface area contributed by atoms with Gasteiger partial charge in [0, 0.05) is 30.6 Å². The minimum Gasteiger partial charge on any atom is -0.378 e. The SMILES string of the molecule is CNC(=O)CC(C)SCCC(C)OCCC(C)SCC(=O)NC(C)I. The lowest BCUT2D eigenvalue weighted by atomic mass is 10.3. The number of hydrogen-bond donors (Lipinski definition) is 2. The first-order valence-corrected chi connectivity index (χ1v) is 12.1. The average molecular weight is 505 g/mol. The smallest absolute Gasteiger partial charge is 0.230 e. The number of carbonyl (C=O) groups is 2. The van der Waals surface area contributed by atoms with Gasteiger partial charge < -0.3 is 15.4 Å². The highest BCUT2D eigenvalue weighted by Crippen LogP contribution is 2.18. The van der Waals surface area contributed by atoms with Crippen LogP contribution in [0.5, 0.6) is 0 Å². The lowest BCUT2D eigenvalue weighted by Crippen LogP contribution is -2.30. The van der Waals surface area contributed by atoms with Crippen molar-refractivity contribution < 1.29 is 14.3 Å². The molecule has 0 aromatic rings. The van der Waals surface area contributed by atoms with Crippen molar-refractivity contribution in [2.24, 2.45) is 0 Å². The number of amides is 2. The second kappa shape index (κ2) is 15.4. The maximum Gasteiger partial charge on any atom is 0.230 e. The van der Waals surface area contributed by atoms with Gasteiger partial charge in [-0.2, -0.15) is 11.8 Å². The van der Waals surface area contributed by atoms with Gasteiger partial charge in [-0.1, -0.05) is 36.4 Å². The van der Waals surface area contributed by atoms with Crippen LogP contribution in [0.4, 0.5) is 0 Å². The normalized spacial score (nSPS) is 15.9. The molecule has 2 amide bonds. The molecule has 0 aromatic carbocycles. The fourth-order valence-electron chi connectivity index (χ4n) is 1.94. The standard InChI is InChI=1S/C17H33IN2O3S2/c1-12(7-9-24-14(3)10-16(21)19-5)23-8-6-13(2)25-11-17(22)20-15(4)18/h12-15H,6-11H2,1-5H3,(H,19,21)(H,20,22). The summed E-state index contributed by atoms with van der Waals surface area (Å²) in [5.74, 6) is 1.69. The largest absolute Gasteiger partial charge is 0.378 e. The van der Waals surface area contributed by atoms with Gasteiger partial charge in [-0.15, -0.1) is 11.8 Å². The molecule has 2 N–H and O–H groups in total. The Morgan fingerprint density at radius 3 is 2.32 bits per heavy atom. The zero-order valence-electron chi connectivity index (χ0n) is 16.0. The number of halogens is 1. The van der Waals surface area contributed by atoms with Gasteiger partial charge in [-0.3, -0.25) is 9.59 Å². The highest BCUT2D eigenvalue weighted by molar-refractivity contribution is 14.1. The quantitative estimate of drug-likeness (QED) is 0.216. The number of nitrogens with one attached hydrogen (secondary N) is 2. The molecule has 0 rings (SSSR count). The van der Waals surface area contributed by atoms with Crippen molar-refractivity contribution in [3.05, 3.63) is 0 Å². The molecule has 4 unspecified atom stereocenters. The van der Waals surface area contributed by atoms with Gasteiger partial charge in [-0.05, 0) is 32.4 Å². The van der Waals surface area contributed by atoms with E-state index in [2.05, 4.69) is 54.0 Å². The molecule has 0 aliphatic rings. The third kappa shape index (κ3) is 16.2. The third-order valence-corrected chi connectivity index (χ3v) is 6.22. The molecule has 0 radical (unpaired) electrons. The van der Waals surface area contributed by atoms with E-state index in [1.807, 2.05) is 18.7 Å². The van der Waals surface area contributed by atoms with Crippen LogP contribution in [-0.2, 0) is 14.3 Å². The van der Waals surface area contributed by atoms with Crippen LogP contribution in [0.25, 0.3) is 0 Å². The van der Waals surface area contributed by atoms with Gasteiger partial charge >= 0.3 is 0 Å². The number of rotatable bonds is 14. The van der Waals surface area contributed by atoms with Crippen LogP contribution in [0.1, 0.15) is 47.0 Å². The van der Waals surface area contributed by atoms with Crippen LogP contribution < -0.4 is 10.6 Å². The van der Waals surface area contributed by atoms with Crippen LogP contribution in [-0.4, -0.2) is 57.6 Å². The van der Waals surface area contributed by atoms with Crippen molar-refractivity contribution in [2.45, 2.75) is 67.6 Å². The minimum atomic E-state index is 0.0935. The first-order chi connectivity index (χ1) is 11.7. The first kappa shape index (κ1) is 25.3. The summed E-state index contributed by atoms with van der Waals surface area (Å²) in [6.45, 7) is 8.99. The number of thioether (sulfide) groups is 2. The maximum absolute atomic E-state index is 11.6. The molecule has 25 heavy (non-hydrogen) atoms. The molecule has 0 aliphatic carbocycles. The summed E-state index contributed by atoms with van der Waals surface area (Å²) in [7, 11) is 1.67. The van der Waals surface area contributed by atoms with Gasteiger partial charge in [0.15, 0.2) is 0 Å². The van der Waals surface area contributed by atoms with E-state index >= 15 is 0 Å². The highest BCUT2D eigenvalue weighted by Gasteiger charge is 2.11. The number of carbonyl (C=O) groups excluding carboxylic acids is 2. The number of ether oxygens (including phenoxy) is 1. The van der Waals surface area contributed by atoms with Crippen LogP contribution >= 0.6 is 46.1 Å². The summed E-state index contributed by atoms with van der Waals surface area (Å²) in [6, 6.07) is 0. The molecule has 0 bridgehead atoms. The topological polar surface area (TPSA) is 67.4 Å². The molecular weight excluding hydrogens is 471 g/mol. The molecule has 8 heteroatoms. The molecule has 0 fully saturated rings. The zero-order valence-corrected chi connectivity index (χ0v) is 19.8. The van der Waals surface area contributed by atoms with E-state index in [0.29, 0.717) is 22.7 Å². The Kier molecular flexibility index (Phi) is 15.6. The molecule has 0 heterocycles. The number of alkyl halides is 1. The number of hydrogen-bond acceptors (Lipinski definition) is 5. The van der Waals surface area contributed by atoms with Crippen LogP contribution in [0.3, 0.4) is 0 Å². The fourth-order valence-corrected chi connectivity index (χ4v) is 4.21. The van der Waals surface area contributed by atoms with Crippen LogP contribution in [0.15, 0.2) is 0 Å². The van der Waals surface area contributed by atoms with Gasteiger partial charge in [-0.25, -0.2) is 0 Å². The molecular formula is C17H33IN2O3S2. The Morgan fingerprint density at radius 1 is 1.04 bits per heavy atom. The van der Waals surface area contributed by atoms with Gasteiger partial charge in [0.1, 0.15) is 0 Å². The van der Waals surface area contributed by atoms with Crippen LogP contribution in [0.2, 0.25) is 0 Å². The maximum atomic E-state index is 11.6. The van der Waals surface area contributed by atoms with E-state index in [1.165, 1.54) is 0 Å². The second-order valence-corrected chi connectivity index (χ2v) is 11.0. The van der Waals surface area contributed by atoms with E-state index in [0.717, 1.165) is 25.2 Å². The van der Waals surface area contributed by atoms with Crippen LogP contribution in [0, 0.1) is 0 Å². The molecule has 0 aliphatic heterocycles. The Balaban J connectivity index is 3.66. The predicted molar refractivity (Wildman–Crippen MR) is 119 cm³/mol. The Hall–Kier alpha value is 0.330. The Labute approximate surface area is 175 Å². The first-order valence-electron chi connectivity index (χ1n) is 8.73. The summed E-state index contributed by atoms with van der Waals surface area (Å²) in [6.07, 6.45) is 2.72. The molecule has 0 saturated heterocycles. The van der Waals surface area contributed by atoms with E-state index in [-0.39, 0.29) is 22.0 Å². The van der Waals surface area contributed by atoms with Gasteiger partial charge in [0.25, 0.3) is 0 Å². The van der Waals surface area contributed by atoms with Crippen molar-refractivity contribution in [3.8, 4) is 0 Å². The predicted octanol–water partition coefficient (Wildman–Crippen LogP) is 3.45. The zero-order chi connectivity index (χ0) is 19.2. The molecule has 0 spiro atoms. The second-order valence-electron chi connectivity index (χ2n) is 6.12. The molecule has 0 aromatic heterocycles. The van der Waals surface area contributed by atoms with E-state index in [4.69, 9.17) is 4.74 Å². The molecule has 4 atom stereocenters. The van der Waals surface area contributed by atoms with Crippen molar-refractivity contribution in [2.75, 3.05) is 25.2 Å². The summed E-state index contributed by atoms with van der Waals surface area (Å²) >= 11 is 5.67. The monoisotopic (exact) mass is 504 g/mol. The van der Waals surface area contributed by atoms with Crippen molar-refractivity contribution in [3.63, 3.8) is 0 Å². The highest BCUT2D eigenvalue weighted by atomic mass is 127. The lowest BCUT2D eigenvalue weighted by Gasteiger charge is -2.17. The Bertz CT molecular complexity index is 387. The Morgan fingerprint density at radius 2 is 1.72 bits per heavy atom. The molecule has 148 valence electrons. The summed E-state index contributed by atoms with van der Waals surface area (Å²) < 4.78 is 6.03. The van der Waals surface area contributed by atoms with Crippen molar-refractivity contribution in [1.29, 1.82) is 0 Å². The molecule has 0 saturated carbocycles. The lowest BCUT2D eigenvalue weighted by molar-refractivity contribution is -0.120. The average Bonchev–Trinajstić information content (AvgIpc) is 2.52. The summed E-state index contributed by atoms with van der Waals surface area (Å²) in [4.78, 5) is 22.9. The van der Waals surface area contributed by atoms with E-state index < -0.39 is 0 Å². The summed E-state index contributed by atoms with van der Waals surface area (Å²) in [5, 5.41) is 6.28. The molecule has 5 nitrogen and oxygen atoms in total. The van der Waals surface area contributed by atoms with Crippen molar-refractivity contribution >= 4 is 57.9 Å². The van der Waals surface area contributed by atoms with E-state index in [1.54, 1.807) is 18.8 Å². The summed E-state index contributed by atoms with van der Waals surface area (Å²) in [5.41, 5.74) is 0. The van der Waals surface area contributed by atoms with Gasteiger partial charge in [0.2, 0.25) is 11.8 Å². The minimum absolute atomic E-state index is 0.0935. The van der Waals surface area contributed by atoms with Crippen molar-refractivity contribution in [1.82, 2.24) is 10.6 Å². The fraction of sp³-hybridized carbons (Fsp3) is 0.882. The van der Waals surface area contributed by atoms with Gasteiger partial charge in [0.05, 0.1) is 15.9 Å². The van der Waals surface area contributed by atoms with E-state index in [9.17, 15) is 9.59 Å². The third-order valence-electron chi connectivity index (χ3n) is 3.46.